The number of carbonyl (C=O) groups excluding carboxylic acids is 1. The molecule has 146 valence electrons. The summed E-state index contributed by atoms with van der Waals surface area (Å²) in [7, 11) is 0. The Bertz CT molecular complexity index is 813. The Hall–Kier alpha value is -2.18. The molecule has 2 aromatic rings. The van der Waals surface area contributed by atoms with E-state index >= 15 is 0 Å². The number of aromatic nitrogens is 2. The zero-order chi connectivity index (χ0) is 19.6. The molecule has 1 amide bonds. The number of aryl methyl sites for hydroxylation is 2. The summed E-state index contributed by atoms with van der Waals surface area (Å²) in [5.74, 6) is -0.0367. The van der Waals surface area contributed by atoms with Crippen LogP contribution >= 0.6 is 0 Å². The van der Waals surface area contributed by atoms with Crippen molar-refractivity contribution in [3.8, 4) is 0 Å². The highest BCUT2D eigenvalue weighted by molar-refractivity contribution is 5.96. The van der Waals surface area contributed by atoms with Crippen molar-refractivity contribution in [2.24, 2.45) is 5.41 Å². The summed E-state index contributed by atoms with van der Waals surface area (Å²) < 4.78 is 7.49. The Labute approximate surface area is 160 Å². The zero-order valence-corrected chi connectivity index (χ0v) is 16.7. The smallest absolute Gasteiger partial charge is 0.257 e. The molecule has 1 atom stereocenters. The standard InChI is InChI=1S/C21H29N3O3/c1-15-5-7-18(8-6-15)11-24-17(3)19(16(2)22-24)20(26)23-9-10-27-14-21(4,12-23)13-25/h5-8,25H,9-14H2,1-4H3. The number of benzene rings is 1. The van der Waals surface area contributed by atoms with Crippen molar-refractivity contribution in [2.45, 2.75) is 34.2 Å². The Balaban J connectivity index is 1.84. The van der Waals surface area contributed by atoms with Gasteiger partial charge in [-0.2, -0.15) is 5.10 Å². The van der Waals surface area contributed by atoms with E-state index in [-0.39, 0.29) is 12.5 Å². The van der Waals surface area contributed by atoms with Gasteiger partial charge in [-0.15, -0.1) is 0 Å². The van der Waals surface area contributed by atoms with Gasteiger partial charge in [-0.3, -0.25) is 9.48 Å². The van der Waals surface area contributed by atoms with Crippen LogP contribution in [0.3, 0.4) is 0 Å². The predicted molar refractivity (Wildman–Crippen MR) is 104 cm³/mol. The van der Waals surface area contributed by atoms with Gasteiger partial charge in [0.05, 0.1) is 37.6 Å². The van der Waals surface area contributed by atoms with Crippen LogP contribution in [-0.2, 0) is 11.3 Å². The summed E-state index contributed by atoms with van der Waals surface area (Å²) in [5.41, 5.74) is 4.20. The van der Waals surface area contributed by atoms with Crippen LogP contribution in [0, 0.1) is 26.2 Å². The molecular formula is C21H29N3O3. The van der Waals surface area contributed by atoms with Crippen molar-refractivity contribution < 1.29 is 14.6 Å². The molecule has 27 heavy (non-hydrogen) atoms. The minimum atomic E-state index is -0.439. The van der Waals surface area contributed by atoms with Gasteiger partial charge in [-0.1, -0.05) is 36.8 Å². The summed E-state index contributed by atoms with van der Waals surface area (Å²) in [6.07, 6.45) is 0. The Kier molecular flexibility index (Phi) is 5.67. The minimum Gasteiger partial charge on any atom is -0.396 e. The fraction of sp³-hybridized carbons (Fsp3) is 0.524. The van der Waals surface area contributed by atoms with Crippen molar-refractivity contribution in [3.05, 3.63) is 52.3 Å². The monoisotopic (exact) mass is 371 g/mol. The normalized spacial score (nSPS) is 20.6. The maximum atomic E-state index is 13.2. The summed E-state index contributed by atoms with van der Waals surface area (Å²) >= 11 is 0. The molecule has 1 aliphatic heterocycles. The van der Waals surface area contributed by atoms with E-state index in [4.69, 9.17) is 4.74 Å². The highest BCUT2D eigenvalue weighted by atomic mass is 16.5. The number of carbonyl (C=O) groups is 1. The molecule has 3 rings (SSSR count). The lowest BCUT2D eigenvalue weighted by Gasteiger charge is -2.30. The van der Waals surface area contributed by atoms with Gasteiger partial charge in [-0.25, -0.2) is 0 Å². The predicted octanol–water partition coefficient (Wildman–Crippen LogP) is 2.33. The van der Waals surface area contributed by atoms with E-state index in [1.165, 1.54) is 5.56 Å². The summed E-state index contributed by atoms with van der Waals surface area (Å²) in [5, 5.41) is 14.3. The SMILES string of the molecule is Cc1ccc(Cn2nc(C)c(C(=O)N3CCOCC(C)(CO)C3)c2C)cc1. The Morgan fingerprint density at radius 1 is 1.26 bits per heavy atom. The number of ether oxygens (including phenoxy) is 1. The molecule has 0 bridgehead atoms. The molecule has 1 saturated heterocycles. The average Bonchev–Trinajstić information content (AvgIpc) is 2.81. The third-order valence-electron chi connectivity index (χ3n) is 5.25. The van der Waals surface area contributed by atoms with Crippen molar-refractivity contribution >= 4 is 5.91 Å². The van der Waals surface area contributed by atoms with E-state index in [0.717, 1.165) is 17.0 Å². The van der Waals surface area contributed by atoms with Crippen LogP contribution in [0.4, 0.5) is 0 Å². The van der Waals surface area contributed by atoms with Crippen LogP contribution < -0.4 is 0 Å². The number of aliphatic hydroxyl groups is 1. The molecule has 6 nitrogen and oxygen atoms in total. The molecule has 1 aromatic heterocycles. The highest BCUT2D eigenvalue weighted by Gasteiger charge is 2.33. The van der Waals surface area contributed by atoms with Gasteiger partial charge in [0, 0.05) is 24.2 Å². The van der Waals surface area contributed by atoms with Gasteiger partial charge in [-0.05, 0) is 26.3 Å². The quantitative estimate of drug-likeness (QED) is 0.896. The molecule has 1 N–H and O–H groups in total. The van der Waals surface area contributed by atoms with Gasteiger partial charge in [0.2, 0.25) is 0 Å². The van der Waals surface area contributed by atoms with Gasteiger partial charge < -0.3 is 14.7 Å². The number of hydrogen-bond donors (Lipinski definition) is 1. The second-order valence-corrected chi connectivity index (χ2v) is 7.94. The third kappa shape index (κ3) is 4.22. The number of hydrogen-bond acceptors (Lipinski definition) is 4. The van der Waals surface area contributed by atoms with E-state index in [1.54, 1.807) is 4.90 Å². The summed E-state index contributed by atoms with van der Waals surface area (Å²) in [4.78, 5) is 15.0. The van der Waals surface area contributed by atoms with E-state index in [0.29, 0.717) is 38.4 Å². The maximum Gasteiger partial charge on any atom is 0.257 e. The molecule has 1 unspecified atom stereocenters. The number of rotatable bonds is 4. The van der Waals surface area contributed by atoms with Crippen molar-refractivity contribution in [1.82, 2.24) is 14.7 Å². The van der Waals surface area contributed by atoms with Crippen LogP contribution in [0.25, 0.3) is 0 Å². The van der Waals surface area contributed by atoms with Gasteiger partial charge in [0.1, 0.15) is 0 Å². The lowest BCUT2D eigenvalue weighted by atomic mass is 9.92. The zero-order valence-electron chi connectivity index (χ0n) is 16.7. The third-order valence-corrected chi connectivity index (χ3v) is 5.25. The molecule has 1 aromatic carbocycles. The van der Waals surface area contributed by atoms with Crippen LogP contribution in [0.5, 0.6) is 0 Å². The molecule has 0 saturated carbocycles. The molecule has 6 heteroatoms. The van der Waals surface area contributed by atoms with E-state index in [1.807, 2.05) is 25.5 Å². The van der Waals surface area contributed by atoms with Crippen LogP contribution in [0.15, 0.2) is 24.3 Å². The lowest BCUT2D eigenvalue weighted by molar-refractivity contribution is 0.0340. The second kappa shape index (κ2) is 7.82. The first-order chi connectivity index (χ1) is 12.8. The Morgan fingerprint density at radius 3 is 2.63 bits per heavy atom. The molecule has 0 radical (unpaired) electrons. The first-order valence-corrected chi connectivity index (χ1v) is 9.40. The number of amides is 1. The molecule has 1 aliphatic rings. The van der Waals surface area contributed by atoms with Gasteiger partial charge >= 0.3 is 0 Å². The molecule has 2 heterocycles. The molecule has 0 spiro atoms. The summed E-state index contributed by atoms with van der Waals surface area (Å²) in [6, 6.07) is 8.35. The van der Waals surface area contributed by atoms with Crippen LogP contribution in [0.1, 0.15) is 39.8 Å². The van der Waals surface area contributed by atoms with Crippen molar-refractivity contribution in [3.63, 3.8) is 0 Å². The van der Waals surface area contributed by atoms with Gasteiger partial charge in [0.15, 0.2) is 0 Å². The topological polar surface area (TPSA) is 67.6 Å². The van der Waals surface area contributed by atoms with Crippen molar-refractivity contribution in [1.29, 1.82) is 0 Å². The van der Waals surface area contributed by atoms with Crippen molar-refractivity contribution in [2.75, 3.05) is 32.9 Å². The fourth-order valence-corrected chi connectivity index (χ4v) is 3.53. The Morgan fingerprint density at radius 2 is 1.96 bits per heavy atom. The molecule has 0 aliphatic carbocycles. The lowest BCUT2D eigenvalue weighted by Crippen LogP contribution is -2.42. The largest absolute Gasteiger partial charge is 0.396 e. The summed E-state index contributed by atoms with van der Waals surface area (Å²) in [6.45, 7) is 10.4. The van der Waals surface area contributed by atoms with E-state index in [9.17, 15) is 9.90 Å². The van der Waals surface area contributed by atoms with Crippen LogP contribution in [0.2, 0.25) is 0 Å². The first-order valence-electron chi connectivity index (χ1n) is 9.40. The average molecular weight is 371 g/mol. The highest BCUT2D eigenvalue weighted by Crippen LogP contribution is 2.24. The number of aliphatic hydroxyl groups excluding tert-OH is 1. The molecule has 1 fully saturated rings. The van der Waals surface area contributed by atoms with Crippen LogP contribution in [-0.4, -0.2) is 58.6 Å². The van der Waals surface area contributed by atoms with E-state index < -0.39 is 5.41 Å². The maximum absolute atomic E-state index is 13.2. The number of nitrogens with zero attached hydrogens (tertiary/aromatic N) is 3. The molecular weight excluding hydrogens is 342 g/mol. The first kappa shape index (κ1) is 19.6. The fourth-order valence-electron chi connectivity index (χ4n) is 3.53. The van der Waals surface area contributed by atoms with Gasteiger partial charge in [0.25, 0.3) is 5.91 Å². The second-order valence-electron chi connectivity index (χ2n) is 7.94. The minimum absolute atomic E-state index is 0.0125. The van der Waals surface area contributed by atoms with E-state index in [2.05, 4.69) is 36.3 Å².